The van der Waals surface area contributed by atoms with Crippen molar-refractivity contribution in [2.24, 2.45) is 0 Å². The van der Waals surface area contributed by atoms with E-state index in [4.69, 9.17) is 18.9 Å². The quantitative estimate of drug-likeness (QED) is 0.0985. The van der Waals surface area contributed by atoms with E-state index >= 15 is 0 Å². The standard InChI is InChI=1S/C34H28O11/c35-21-27(43-31(37)24-15-7-2-8-16-24)28(44-32(38)25-17-9-3-10-18-25)29(45-33(39)26-19-11-4-12-20-26)34(40,41)22-42-30(36)23-13-5-1-6-14-23/h1-21,27-29,40-41H,22H2/t27-,28+,29-/m0/s1. The minimum Gasteiger partial charge on any atom is -0.456 e. The van der Waals surface area contributed by atoms with Crippen LogP contribution in [0.4, 0.5) is 0 Å². The van der Waals surface area contributed by atoms with Gasteiger partial charge < -0.3 is 29.2 Å². The average molecular weight is 613 g/mol. The topological polar surface area (TPSA) is 163 Å². The summed E-state index contributed by atoms with van der Waals surface area (Å²) < 4.78 is 21.4. The number of carbonyl (C=O) groups is 5. The fourth-order valence-electron chi connectivity index (χ4n) is 4.10. The van der Waals surface area contributed by atoms with Gasteiger partial charge in [-0.25, -0.2) is 19.2 Å². The second-order valence-corrected chi connectivity index (χ2v) is 9.62. The number of hydrogen-bond donors (Lipinski definition) is 2. The third-order valence-electron chi connectivity index (χ3n) is 6.39. The van der Waals surface area contributed by atoms with Crippen molar-refractivity contribution in [3.63, 3.8) is 0 Å². The van der Waals surface area contributed by atoms with Crippen molar-refractivity contribution in [1.29, 1.82) is 0 Å². The van der Waals surface area contributed by atoms with Gasteiger partial charge in [0.2, 0.25) is 5.79 Å². The van der Waals surface area contributed by atoms with Gasteiger partial charge in [0.05, 0.1) is 22.3 Å². The lowest BCUT2D eigenvalue weighted by molar-refractivity contribution is -0.267. The van der Waals surface area contributed by atoms with E-state index in [0.29, 0.717) is 0 Å². The van der Waals surface area contributed by atoms with Gasteiger partial charge in [-0.05, 0) is 48.5 Å². The summed E-state index contributed by atoms with van der Waals surface area (Å²) in [4.78, 5) is 64.4. The number of hydrogen-bond acceptors (Lipinski definition) is 11. The highest BCUT2D eigenvalue weighted by molar-refractivity contribution is 5.92. The maximum Gasteiger partial charge on any atom is 0.338 e. The van der Waals surface area contributed by atoms with E-state index in [1.54, 1.807) is 36.4 Å². The zero-order valence-corrected chi connectivity index (χ0v) is 23.6. The van der Waals surface area contributed by atoms with Gasteiger partial charge in [-0.1, -0.05) is 72.8 Å². The number of aliphatic hydroxyl groups is 2. The molecule has 0 spiro atoms. The average Bonchev–Trinajstić information content (AvgIpc) is 3.09. The number of carbonyl (C=O) groups excluding carboxylic acids is 5. The van der Waals surface area contributed by atoms with Crippen molar-refractivity contribution < 1.29 is 53.1 Å². The van der Waals surface area contributed by atoms with E-state index in [9.17, 15) is 34.2 Å². The van der Waals surface area contributed by atoms with Crippen molar-refractivity contribution >= 4 is 30.2 Å². The Morgan fingerprint density at radius 3 is 1.31 bits per heavy atom. The molecule has 11 nitrogen and oxygen atoms in total. The van der Waals surface area contributed by atoms with Crippen LogP contribution in [0.3, 0.4) is 0 Å². The molecule has 3 atom stereocenters. The first-order valence-electron chi connectivity index (χ1n) is 13.6. The zero-order valence-electron chi connectivity index (χ0n) is 23.6. The number of rotatable bonds is 13. The van der Waals surface area contributed by atoms with Gasteiger partial charge in [0, 0.05) is 0 Å². The third kappa shape index (κ3) is 8.69. The van der Waals surface area contributed by atoms with Gasteiger partial charge in [-0.2, -0.15) is 0 Å². The number of ether oxygens (including phenoxy) is 4. The molecule has 0 aliphatic rings. The Labute approximate surface area is 257 Å². The van der Waals surface area contributed by atoms with Crippen LogP contribution in [-0.4, -0.2) is 71.1 Å². The molecule has 4 rings (SSSR count). The zero-order chi connectivity index (χ0) is 32.2. The van der Waals surface area contributed by atoms with Crippen molar-refractivity contribution in [2.75, 3.05) is 6.61 Å². The SMILES string of the molecule is O=C[C@H](OC(=O)c1ccccc1)[C@@H](OC(=O)c1ccccc1)[C@H](OC(=O)c1ccccc1)C(O)(O)COC(=O)c1ccccc1. The predicted octanol–water partition coefficient (Wildman–Crippen LogP) is 3.40. The van der Waals surface area contributed by atoms with Gasteiger partial charge in [-0.3, -0.25) is 4.79 Å². The summed E-state index contributed by atoms with van der Waals surface area (Å²) >= 11 is 0. The lowest BCUT2D eigenvalue weighted by Crippen LogP contribution is -2.59. The first-order valence-corrected chi connectivity index (χ1v) is 13.6. The van der Waals surface area contributed by atoms with E-state index in [2.05, 4.69) is 0 Å². The molecule has 0 saturated carbocycles. The molecule has 0 saturated heterocycles. The van der Waals surface area contributed by atoms with Crippen molar-refractivity contribution in [2.45, 2.75) is 24.1 Å². The maximum atomic E-state index is 13.2. The van der Waals surface area contributed by atoms with Crippen LogP contribution < -0.4 is 0 Å². The van der Waals surface area contributed by atoms with Crippen LogP contribution in [-0.2, 0) is 23.7 Å². The molecule has 2 N–H and O–H groups in total. The molecule has 0 radical (unpaired) electrons. The molecule has 0 aliphatic heterocycles. The van der Waals surface area contributed by atoms with E-state index in [1.807, 2.05) is 0 Å². The molecule has 0 amide bonds. The monoisotopic (exact) mass is 612 g/mol. The summed E-state index contributed by atoms with van der Waals surface area (Å²) in [6, 6.07) is 29.9. The largest absolute Gasteiger partial charge is 0.456 e. The molecule has 4 aromatic rings. The molecule has 230 valence electrons. The molecule has 0 aliphatic carbocycles. The lowest BCUT2D eigenvalue weighted by atomic mass is 9.99. The normalized spacial score (nSPS) is 12.9. The fraction of sp³-hybridized carbons (Fsp3) is 0.147. The minimum absolute atomic E-state index is 0.0198. The Bertz CT molecular complexity index is 1590. The molecule has 0 unspecified atom stereocenters. The van der Waals surface area contributed by atoms with Crippen LogP contribution in [0.15, 0.2) is 121 Å². The van der Waals surface area contributed by atoms with Crippen LogP contribution in [0, 0.1) is 0 Å². The first-order chi connectivity index (χ1) is 21.7. The van der Waals surface area contributed by atoms with E-state index in [-0.39, 0.29) is 28.5 Å². The summed E-state index contributed by atoms with van der Waals surface area (Å²) in [6.07, 6.45) is -6.46. The smallest absolute Gasteiger partial charge is 0.338 e. The Balaban J connectivity index is 1.72. The van der Waals surface area contributed by atoms with Gasteiger partial charge >= 0.3 is 23.9 Å². The van der Waals surface area contributed by atoms with Crippen molar-refractivity contribution in [3.8, 4) is 0 Å². The van der Waals surface area contributed by atoms with Gasteiger partial charge in [0.1, 0.15) is 6.61 Å². The first kappa shape index (κ1) is 32.3. The Morgan fingerprint density at radius 1 is 0.556 bits per heavy atom. The molecule has 0 heterocycles. The fourth-order valence-corrected chi connectivity index (χ4v) is 4.10. The summed E-state index contributed by atoms with van der Waals surface area (Å²) in [6.45, 7) is -1.22. The molecule has 0 bridgehead atoms. The van der Waals surface area contributed by atoms with Crippen LogP contribution >= 0.6 is 0 Å². The lowest BCUT2D eigenvalue weighted by Gasteiger charge is -2.36. The minimum atomic E-state index is -3.29. The number of aldehydes is 1. The van der Waals surface area contributed by atoms with Gasteiger partial charge in [0.15, 0.2) is 24.6 Å². The molecular weight excluding hydrogens is 584 g/mol. The highest BCUT2D eigenvalue weighted by atomic mass is 16.7. The number of benzene rings is 4. The number of esters is 4. The third-order valence-corrected chi connectivity index (χ3v) is 6.39. The van der Waals surface area contributed by atoms with Crippen molar-refractivity contribution in [3.05, 3.63) is 144 Å². The molecule has 4 aromatic carbocycles. The van der Waals surface area contributed by atoms with Crippen molar-refractivity contribution in [1.82, 2.24) is 0 Å². The molecule has 11 heteroatoms. The predicted molar refractivity (Wildman–Crippen MR) is 157 cm³/mol. The summed E-state index contributed by atoms with van der Waals surface area (Å²) in [7, 11) is 0. The molecule has 0 aromatic heterocycles. The Hall–Kier alpha value is -5.65. The summed E-state index contributed by atoms with van der Waals surface area (Å²) in [5, 5.41) is 22.5. The van der Waals surface area contributed by atoms with Crippen LogP contribution in [0.2, 0.25) is 0 Å². The van der Waals surface area contributed by atoms with E-state index in [0.717, 1.165) is 0 Å². The van der Waals surface area contributed by atoms with Crippen LogP contribution in [0.25, 0.3) is 0 Å². The van der Waals surface area contributed by atoms with Gasteiger partial charge in [-0.15, -0.1) is 0 Å². The highest BCUT2D eigenvalue weighted by Gasteiger charge is 2.51. The van der Waals surface area contributed by atoms with Gasteiger partial charge in [0.25, 0.3) is 0 Å². The van der Waals surface area contributed by atoms with Crippen LogP contribution in [0.5, 0.6) is 0 Å². The second kappa shape index (κ2) is 15.2. The van der Waals surface area contributed by atoms with Crippen LogP contribution in [0.1, 0.15) is 41.4 Å². The molecule has 0 fully saturated rings. The summed E-state index contributed by atoms with van der Waals surface area (Å²) in [5.74, 6) is -7.49. The summed E-state index contributed by atoms with van der Waals surface area (Å²) in [5.41, 5.74) is 0.0235. The Kier molecular flexibility index (Phi) is 10.9. The van der Waals surface area contributed by atoms with E-state index in [1.165, 1.54) is 84.9 Å². The maximum absolute atomic E-state index is 13.2. The van der Waals surface area contributed by atoms with E-state index < -0.39 is 54.6 Å². The highest BCUT2D eigenvalue weighted by Crippen LogP contribution is 2.25. The molecule has 45 heavy (non-hydrogen) atoms. The second-order valence-electron chi connectivity index (χ2n) is 9.62. The Morgan fingerprint density at radius 2 is 0.911 bits per heavy atom. The molecular formula is C34H28O11.